The number of hydrogen-bond acceptors (Lipinski definition) is 3. The van der Waals surface area contributed by atoms with Crippen molar-refractivity contribution in [2.45, 2.75) is 50.9 Å². The molecule has 0 radical (unpaired) electrons. The molecule has 1 aliphatic carbocycles. The minimum Gasteiger partial charge on any atom is -0.301 e. The number of benzene rings is 1. The number of carbonyl (C=O) groups excluding carboxylic acids is 1. The van der Waals surface area contributed by atoms with Gasteiger partial charge in [-0.15, -0.1) is 11.3 Å². The number of amides is 1. The smallest absolute Gasteiger partial charge is 0.236 e. The lowest BCUT2D eigenvalue weighted by atomic mass is 9.78. The summed E-state index contributed by atoms with van der Waals surface area (Å²) in [6.45, 7) is 4.28. The highest BCUT2D eigenvalue weighted by Gasteiger charge is 2.42. The molecule has 2 aromatic rings. The molecule has 0 bridgehead atoms. The standard InChI is InChI=1S/C18H22N2OS/c1-13(2)15-12-19-17(22-15)20-16(21)18(10-6-7-11-18)14-8-4-3-5-9-14/h3-5,8-9,12-13H,6-7,10-11H2,1-2H3,(H,19,20,21). The maximum atomic E-state index is 13.0. The fraction of sp³-hybridized carbons (Fsp3) is 0.444. The summed E-state index contributed by atoms with van der Waals surface area (Å²) in [5, 5.41) is 3.79. The minimum atomic E-state index is -0.384. The molecule has 1 saturated carbocycles. The van der Waals surface area contributed by atoms with Crippen LogP contribution in [0.4, 0.5) is 5.13 Å². The van der Waals surface area contributed by atoms with Crippen molar-refractivity contribution in [3.05, 3.63) is 47.0 Å². The van der Waals surface area contributed by atoms with Gasteiger partial charge in [0.15, 0.2) is 5.13 Å². The van der Waals surface area contributed by atoms with Crippen molar-refractivity contribution >= 4 is 22.4 Å². The number of nitrogens with zero attached hydrogens (tertiary/aromatic N) is 1. The lowest BCUT2D eigenvalue weighted by Gasteiger charge is -2.27. The van der Waals surface area contributed by atoms with Crippen molar-refractivity contribution in [2.75, 3.05) is 5.32 Å². The van der Waals surface area contributed by atoms with Gasteiger partial charge in [-0.1, -0.05) is 57.0 Å². The largest absolute Gasteiger partial charge is 0.301 e. The van der Waals surface area contributed by atoms with Gasteiger partial charge >= 0.3 is 0 Å². The molecule has 1 amide bonds. The number of carbonyl (C=O) groups is 1. The summed E-state index contributed by atoms with van der Waals surface area (Å²) in [4.78, 5) is 18.5. The van der Waals surface area contributed by atoms with Crippen LogP contribution in [-0.2, 0) is 10.2 Å². The average Bonchev–Trinajstić information content (AvgIpc) is 3.18. The van der Waals surface area contributed by atoms with Crippen molar-refractivity contribution in [3.63, 3.8) is 0 Å². The lowest BCUT2D eigenvalue weighted by molar-refractivity contribution is -0.121. The SMILES string of the molecule is CC(C)c1cnc(NC(=O)C2(c3ccccc3)CCCC2)s1. The molecule has 0 spiro atoms. The third kappa shape index (κ3) is 2.80. The van der Waals surface area contributed by atoms with Gasteiger partial charge in [-0.3, -0.25) is 4.79 Å². The van der Waals surface area contributed by atoms with Crippen LogP contribution in [-0.4, -0.2) is 10.9 Å². The highest BCUT2D eigenvalue weighted by molar-refractivity contribution is 7.15. The zero-order chi connectivity index (χ0) is 15.6. The maximum Gasteiger partial charge on any atom is 0.236 e. The van der Waals surface area contributed by atoms with Crippen LogP contribution in [0.1, 0.15) is 55.9 Å². The molecule has 3 nitrogen and oxygen atoms in total. The summed E-state index contributed by atoms with van der Waals surface area (Å²) in [6.07, 6.45) is 5.93. The number of rotatable bonds is 4. The van der Waals surface area contributed by atoms with E-state index in [9.17, 15) is 4.79 Å². The van der Waals surface area contributed by atoms with Crippen molar-refractivity contribution < 1.29 is 4.79 Å². The molecule has 116 valence electrons. The van der Waals surface area contributed by atoms with Crippen LogP contribution in [0.5, 0.6) is 0 Å². The summed E-state index contributed by atoms with van der Waals surface area (Å²) in [5.41, 5.74) is 0.746. The van der Waals surface area contributed by atoms with E-state index in [0.29, 0.717) is 5.92 Å². The van der Waals surface area contributed by atoms with Crippen molar-refractivity contribution in [3.8, 4) is 0 Å². The molecule has 0 saturated heterocycles. The normalized spacial score (nSPS) is 16.9. The van der Waals surface area contributed by atoms with Gasteiger partial charge in [0.2, 0.25) is 5.91 Å². The van der Waals surface area contributed by atoms with Gasteiger partial charge in [0, 0.05) is 11.1 Å². The fourth-order valence-corrected chi connectivity index (χ4v) is 4.02. The van der Waals surface area contributed by atoms with Gasteiger partial charge in [0.25, 0.3) is 0 Å². The van der Waals surface area contributed by atoms with Gasteiger partial charge in [0.1, 0.15) is 0 Å². The van der Waals surface area contributed by atoms with Crippen LogP contribution < -0.4 is 5.32 Å². The summed E-state index contributed by atoms with van der Waals surface area (Å²) in [5.74, 6) is 0.540. The lowest BCUT2D eigenvalue weighted by Crippen LogP contribution is -2.37. The van der Waals surface area contributed by atoms with E-state index in [1.807, 2.05) is 24.4 Å². The van der Waals surface area contributed by atoms with E-state index in [4.69, 9.17) is 0 Å². The van der Waals surface area contributed by atoms with Gasteiger partial charge in [0.05, 0.1) is 5.41 Å². The van der Waals surface area contributed by atoms with Crippen LogP contribution >= 0.6 is 11.3 Å². The number of hydrogen-bond donors (Lipinski definition) is 1. The van der Waals surface area contributed by atoms with E-state index in [1.165, 1.54) is 4.88 Å². The molecule has 0 aliphatic heterocycles. The quantitative estimate of drug-likeness (QED) is 0.887. The highest BCUT2D eigenvalue weighted by atomic mass is 32.1. The Bertz CT molecular complexity index is 642. The Kier molecular flexibility index (Phi) is 4.30. The van der Waals surface area contributed by atoms with Crippen LogP contribution in [0.3, 0.4) is 0 Å². The predicted octanol–water partition coefficient (Wildman–Crippen LogP) is 4.72. The molecular weight excluding hydrogens is 292 g/mol. The van der Waals surface area contributed by atoms with Gasteiger partial charge in [-0.05, 0) is 24.3 Å². The van der Waals surface area contributed by atoms with Crippen molar-refractivity contribution in [1.82, 2.24) is 4.98 Å². The molecule has 4 heteroatoms. The van der Waals surface area contributed by atoms with Crippen LogP contribution in [0.2, 0.25) is 0 Å². The first-order valence-electron chi connectivity index (χ1n) is 7.94. The van der Waals surface area contributed by atoms with E-state index in [2.05, 4.69) is 36.3 Å². The van der Waals surface area contributed by atoms with Crippen molar-refractivity contribution in [1.29, 1.82) is 0 Å². The molecule has 1 heterocycles. The molecule has 1 aromatic carbocycles. The number of nitrogens with one attached hydrogen (secondary N) is 1. The molecule has 1 fully saturated rings. The van der Waals surface area contributed by atoms with Crippen LogP contribution in [0.25, 0.3) is 0 Å². The molecule has 1 aliphatic rings. The Hall–Kier alpha value is -1.68. The Morgan fingerprint density at radius 2 is 1.91 bits per heavy atom. The van der Waals surface area contributed by atoms with E-state index in [1.54, 1.807) is 11.3 Å². The molecule has 0 unspecified atom stereocenters. The number of aromatic nitrogens is 1. The number of thiazole rings is 1. The fourth-order valence-electron chi connectivity index (χ4n) is 3.21. The molecule has 22 heavy (non-hydrogen) atoms. The third-order valence-electron chi connectivity index (χ3n) is 4.53. The van der Waals surface area contributed by atoms with Gasteiger partial charge in [-0.2, -0.15) is 0 Å². The molecule has 0 atom stereocenters. The van der Waals surface area contributed by atoms with E-state index < -0.39 is 0 Å². The minimum absolute atomic E-state index is 0.0980. The van der Waals surface area contributed by atoms with E-state index >= 15 is 0 Å². The monoisotopic (exact) mass is 314 g/mol. The van der Waals surface area contributed by atoms with Crippen LogP contribution in [0.15, 0.2) is 36.5 Å². The third-order valence-corrected chi connectivity index (χ3v) is 5.74. The summed E-state index contributed by atoms with van der Waals surface area (Å²) in [7, 11) is 0. The Morgan fingerprint density at radius 3 is 2.50 bits per heavy atom. The van der Waals surface area contributed by atoms with Crippen LogP contribution in [0, 0.1) is 0 Å². The van der Waals surface area contributed by atoms with Gasteiger partial charge in [-0.25, -0.2) is 4.98 Å². The first-order valence-corrected chi connectivity index (χ1v) is 8.76. The molecule has 1 N–H and O–H groups in total. The van der Waals surface area contributed by atoms with E-state index in [0.717, 1.165) is 36.4 Å². The molecule has 1 aromatic heterocycles. The second kappa shape index (κ2) is 6.21. The van der Waals surface area contributed by atoms with Crippen molar-refractivity contribution in [2.24, 2.45) is 0 Å². The van der Waals surface area contributed by atoms with Gasteiger partial charge < -0.3 is 5.32 Å². The second-order valence-electron chi connectivity index (χ2n) is 6.33. The summed E-state index contributed by atoms with van der Waals surface area (Å²) < 4.78 is 0. The average molecular weight is 314 g/mol. The second-order valence-corrected chi connectivity index (χ2v) is 7.39. The molecule has 3 rings (SSSR count). The summed E-state index contributed by atoms with van der Waals surface area (Å²) in [6, 6.07) is 10.2. The Balaban J connectivity index is 1.84. The Morgan fingerprint density at radius 1 is 1.23 bits per heavy atom. The predicted molar refractivity (Wildman–Crippen MR) is 91.4 cm³/mol. The summed E-state index contributed by atoms with van der Waals surface area (Å²) >= 11 is 1.58. The zero-order valence-electron chi connectivity index (χ0n) is 13.1. The maximum absolute atomic E-state index is 13.0. The first-order chi connectivity index (χ1) is 10.6. The Labute approximate surface area is 135 Å². The zero-order valence-corrected chi connectivity index (χ0v) is 14.0. The number of anilines is 1. The first kappa shape index (κ1) is 15.2. The topological polar surface area (TPSA) is 42.0 Å². The highest BCUT2D eigenvalue weighted by Crippen LogP contribution is 2.42. The van der Waals surface area contributed by atoms with E-state index in [-0.39, 0.29) is 11.3 Å². The molecular formula is C18H22N2OS.